The molecule has 5 aromatic carbocycles. The molecule has 0 aliphatic heterocycles. The zero-order valence-electron chi connectivity index (χ0n) is 33.5. The number of hydrogen-bond donors (Lipinski definition) is 0. The second-order valence-electron chi connectivity index (χ2n) is 17.8. The summed E-state index contributed by atoms with van der Waals surface area (Å²) >= 11 is 0. The van der Waals surface area contributed by atoms with Crippen LogP contribution in [0.4, 0.5) is 0 Å². The van der Waals surface area contributed by atoms with E-state index in [1.54, 1.807) is 0 Å². The van der Waals surface area contributed by atoms with Crippen molar-refractivity contribution in [3.63, 3.8) is 0 Å². The molecule has 0 aliphatic rings. The highest BCUT2D eigenvalue weighted by Crippen LogP contribution is 2.41. The minimum atomic E-state index is -1.74. The highest BCUT2D eigenvalue weighted by atomic mass is 28.3. The molecule has 0 saturated heterocycles. The zero-order valence-corrected chi connectivity index (χ0v) is 35.5. The van der Waals surface area contributed by atoms with E-state index in [1.165, 1.54) is 16.7 Å². The molecule has 6 nitrogen and oxygen atoms in total. The van der Waals surface area contributed by atoms with Gasteiger partial charge >= 0.3 is 0 Å². The summed E-state index contributed by atoms with van der Waals surface area (Å²) in [6.45, 7) is 22.9. The van der Waals surface area contributed by atoms with E-state index in [2.05, 4.69) is 180 Å². The molecule has 0 unspecified atom stereocenters. The summed E-state index contributed by atoms with van der Waals surface area (Å²) in [4.78, 5) is 15.1. The van der Waals surface area contributed by atoms with E-state index in [0.29, 0.717) is 0 Å². The molecule has 8 heteroatoms. The van der Waals surface area contributed by atoms with Crippen LogP contribution in [0.2, 0.25) is 39.3 Å². The van der Waals surface area contributed by atoms with Crippen molar-refractivity contribution in [1.82, 2.24) is 19.5 Å². The number of rotatable bonds is 6. The number of hydrogen-bond acceptors (Lipinski definition) is 4. The molecule has 0 N–H and O–H groups in total. The predicted octanol–water partition coefficient (Wildman–Crippen LogP) is 10.2. The largest absolute Gasteiger partial charge is 0.455 e. The second kappa shape index (κ2) is 12.7. The standard InChI is InChI=1S/C46H50N5OSi2/c1-29-20-26-34-33-16-12-15-19-39(33)52-41(34)40(29)43-50(5)37-17-13-14-18-38(37)51(43)36-27-25-32(28-35(36)46(2,3)4)30-21-23-31(24-22-30)42-47-44(53(6,7)8)49-45(48-42)54(9,10)11/h12-28H,1-11H3/q+1. The number of fused-ring (bicyclic) bond motifs is 4. The molecule has 8 aromatic rings. The highest BCUT2D eigenvalue weighted by Gasteiger charge is 2.34. The van der Waals surface area contributed by atoms with Crippen molar-refractivity contribution in [2.45, 2.75) is 72.4 Å². The van der Waals surface area contributed by atoms with Crippen molar-refractivity contribution >= 4 is 60.0 Å². The van der Waals surface area contributed by atoms with E-state index in [9.17, 15) is 0 Å². The lowest BCUT2D eigenvalue weighted by Gasteiger charge is -2.23. The quantitative estimate of drug-likeness (QED) is 0.126. The van der Waals surface area contributed by atoms with E-state index >= 15 is 0 Å². The Morgan fingerprint density at radius 3 is 1.93 bits per heavy atom. The Bertz CT molecular complexity index is 2710. The maximum atomic E-state index is 6.69. The van der Waals surface area contributed by atoms with E-state index in [-0.39, 0.29) is 5.41 Å². The third-order valence-corrected chi connectivity index (χ3v) is 13.6. The van der Waals surface area contributed by atoms with Crippen molar-refractivity contribution in [2.75, 3.05) is 0 Å². The van der Waals surface area contributed by atoms with Crippen molar-refractivity contribution < 1.29 is 8.98 Å². The number of para-hydroxylation sites is 3. The van der Waals surface area contributed by atoms with Crippen LogP contribution in [0.3, 0.4) is 0 Å². The van der Waals surface area contributed by atoms with Gasteiger partial charge in [0.1, 0.15) is 43.9 Å². The number of furan rings is 1. The maximum Gasteiger partial charge on any atom is 0.298 e. The number of imidazole rings is 1. The molecule has 54 heavy (non-hydrogen) atoms. The first kappa shape index (κ1) is 35.8. The zero-order chi connectivity index (χ0) is 38.3. The molecule has 0 radical (unpaired) electrons. The summed E-state index contributed by atoms with van der Waals surface area (Å²) in [6, 6.07) is 37.2. The van der Waals surface area contributed by atoms with E-state index in [0.717, 1.165) is 77.9 Å². The van der Waals surface area contributed by atoms with Gasteiger partial charge in [-0.15, -0.1) is 0 Å². The Hall–Kier alpha value is -5.19. The van der Waals surface area contributed by atoms with E-state index in [1.807, 2.05) is 6.07 Å². The van der Waals surface area contributed by atoms with Gasteiger partial charge in [0, 0.05) is 21.9 Å². The highest BCUT2D eigenvalue weighted by molar-refractivity contribution is 6.89. The van der Waals surface area contributed by atoms with Gasteiger partial charge in [0.05, 0.1) is 7.05 Å². The molecule has 8 rings (SSSR count). The molecule has 272 valence electrons. The summed E-state index contributed by atoms with van der Waals surface area (Å²) in [5, 5.41) is 2.26. The average molecular weight is 745 g/mol. The van der Waals surface area contributed by atoms with Crippen LogP contribution in [-0.4, -0.2) is 35.7 Å². The Balaban J connectivity index is 1.30. The molecule has 0 atom stereocenters. The monoisotopic (exact) mass is 744 g/mol. The van der Waals surface area contributed by atoms with Crippen molar-refractivity contribution in [3.05, 3.63) is 114 Å². The number of aryl methyl sites for hydroxylation is 2. The molecule has 0 amide bonds. The van der Waals surface area contributed by atoms with E-state index < -0.39 is 16.1 Å². The third-order valence-electron chi connectivity index (χ3n) is 10.5. The minimum absolute atomic E-state index is 0.154. The Morgan fingerprint density at radius 2 is 1.26 bits per heavy atom. The predicted molar refractivity (Wildman–Crippen MR) is 231 cm³/mol. The molecule has 0 bridgehead atoms. The molecule has 0 spiro atoms. The van der Waals surface area contributed by atoms with Gasteiger partial charge in [-0.3, -0.25) is 0 Å². The summed E-state index contributed by atoms with van der Waals surface area (Å²) < 4.78 is 11.5. The smallest absolute Gasteiger partial charge is 0.298 e. The number of benzene rings is 5. The molecule has 3 aromatic heterocycles. The van der Waals surface area contributed by atoms with E-state index in [4.69, 9.17) is 19.4 Å². The van der Waals surface area contributed by atoms with Gasteiger partial charge in [-0.05, 0) is 59.4 Å². The lowest BCUT2D eigenvalue weighted by atomic mass is 9.83. The van der Waals surface area contributed by atoms with Crippen LogP contribution in [0.15, 0.2) is 108 Å². The first-order chi connectivity index (χ1) is 25.5. The number of aromatic nitrogens is 5. The van der Waals surface area contributed by atoms with Crippen LogP contribution in [-0.2, 0) is 12.5 Å². The third kappa shape index (κ3) is 6.11. The Labute approximate surface area is 320 Å². The van der Waals surface area contributed by atoms with Gasteiger partial charge in [0.25, 0.3) is 5.82 Å². The fourth-order valence-corrected chi connectivity index (χ4v) is 9.38. The summed E-state index contributed by atoms with van der Waals surface area (Å²) in [7, 11) is -1.31. The maximum absolute atomic E-state index is 6.69. The van der Waals surface area contributed by atoms with Crippen LogP contribution < -0.4 is 15.5 Å². The molecule has 0 aliphatic carbocycles. The fraction of sp³-hybridized carbons (Fsp3) is 0.261. The summed E-state index contributed by atoms with van der Waals surface area (Å²) in [5.41, 5.74) is 14.0. The van der Waals surface area contributed by atoms with Crippen LogP contribution in [0.25, 0.3) is 72.6 Å². The molecular weight excluding hydrogens is 695 g/mol. The topological polar surface area (TPSA) is 60.6 Å². The first-order valence-corrected chi connectivity index (χ1v) is 25.9. The summed E-state index contributed by atoms with van der Waals surface area (Å²) in [6.07, 6.45) is 0. The van der Waals surface area contributed by atoms with Gasteiger partial charge in [-0.2, -0.15) is 4.57 Å². The van der Waals surface area contributed by atoms with Gasteiger partial charge in [0.2, 0.25) is 0 Å². The average Bonchev–Trinajstić information content (AvgIpc) is 3.65. The lowest BCUT2D eigenvalue weighted by molar-refractivity contribution is -0.633. The van der Waals surface area contributed by atoms with Crippen molar-refractivity contribution in [3.8, 4) is 39.6 Å². The Kier molecular flexibility index (Phi) is 8.43. The second-order valence-corrected chi connectivity index (χ2v) is 27.7. The molecular formula is C46H50N5OSi2+. The van der Waals surface area contributed by atoms with Gasteiger partial charge in [-0.1, -0.05) is 133 Å². The molecule has 0 fully saturated rings. The van der Waals surface area contributed by atoms with Crippen molar-refractivity contribution in [1.29, 1.82) is 0 Å². The number of nitrogens with zero attached hydrogens (tertiary/aromatic N) is 5. The normalized spacial score (nSPS) is 12.7. The van der Waals surface area contributed by atoms with Gasteiger partial charge < -0.3 is 4.42 Å². The lowest BCUT2D eigenvalue weighted by Crippen LogP contribution is -2.52. The minimum Gasteiger partial charge on any atom is -0.455 e. The van der Waals surface area contributed by atoms with Gasteiger partial charge in [-0.25, -0.2) is 19.5 Å². The van der Waals surface area contributed by atoms with Crippen LogP contribution in [0, 0.1) is 6.92 Å². The fourth-order valence-electron chi connectivity index (χ4n) is 7.50. The SMILES string of the molecule is Cc1ccc2c(oc3ccccc32)c1-c1n(-c2ccc(-c3ccc(-c4nc([Si](C)(C)C)nc([Si](C)(C)C)n4)cc3)cc2C(C)(C)C)c2ccccc2[n+]1C. The summed E-state index contributed by atoms with van der Waals surface area (Å²) in [5.74, 6) is 1.88. The first-order valence-electron chi connectivity index (χ1n) is 18.9. The van der Waals surface area contributed by atoms with Crippen LogP contribution in [0.5, 0.6) is 0 Å². The van der Waals surface area contributed by atoms with Crippen molar-refractivity contribution in [2.24, 2.45) is 7.05 Å². The van der Waals surface area contributed by atoms with Crippen LogP contribution >= 0.6 is 0 Å². The Morgan fingerprint density at radius 1 is 0.648 bits per heavy atom. The molecule has 3 heterocycles. The van der Waals surface area contributed by atoms with Crippen LogP contribution in [0.1, 0.15) is 31.9 Å². The molecule has 0 saturated carbocycles. The van der Waals surface area contributed by atoms with Gasteiger partial charge in [0.15, 0.2) is 22.4 Å².